The van der Waals surface area contributed by atoms with Crippen molar-refractivity contribution in [2.24, 2.45) is 0 Å². The second kappa shape index (κ2) is 8.39. The van der Waals surface area contributed by atoms with Gasteiger partial charge in [-0.2, -0.15) is 0 Å². The number of hydrogen-bond acceptors (Lipinski definition) is 4. The lowest BCUT2D eigenvalue weighted by Gasteiger charge is -2.36. The Kier molecular flexibility index (Phi) is 6.50. The lowest BCUT2D eigenvalue weighted by molar-refractivity contribution is 0.120. The van der Waals surface area contributed by atoms with Gasteiger partial charge in [0.05, 0.1) is 6.33 Å². The molecule has 20 heavy (non-hydrogen) atoms. The Morgan fingerprint density at radius 3 is 2.70 bits per heavy atom. The van der Waals surface area contributed by atoms with Crippen molar-refractivity contribution < 1.29 is 5.11 Å². The third-order valence-corrected chi connectivity index (χ3v) is 4.30. The van der Waals surface area contributed by atoms with E-state index in [2.05, 4.69) is 26.4 Å². The molecule has 0 amide bonds. The molecule has 1 aromatic heterocycles. The van der Waals surface area contributed by atoms with Gasteiger partial charge in [0.15, 0.2) is 0 Å². The van der Waals surface area contributed by atoms with E-state index in [0.717, 1.165) is 19.5 Å². The fourth-order valence-corrected chi connectivity index (χ4v) is 2.98. The molecule has 1 aliphatic rings. The molecule has 0 spiro atoms. The minimum absolute atomic E-state index is 0.303. The Labute approximate surface area is 122 Å². The van der Waals surface area contributed by atoms with E-state index in [-0.39, 0.29) is 0 Å². The zero-order valence-corrected chi connectivity index (χ0v) is 12.6. The summed E-state index contributed by atoms with van der Waals surface area (Å²) in [5.41, 5.74) is 0. The van der Waals surface area contributed by atoms with Gasteiger partial charge in [0.25, 0.3) is 0 Å². The molecule has 5 heteroatoms. The van der Waals surface area contributed by atoms with Crippen molar-refractivity contribution in [3.63, 3.8) is 0 Å². The maximum atomic E-state index is 8.89. The van der Waals surface area contributed by atoms with Gasteiger partial charge in [0.1, 0.15) is 0 Å². The number of nitrogens with zero attached hydrogens (tertiary/aromatic N) is 4. The normalized spacial score (nSPS) is 17.9. The largest absolute Gasteiger partial charge is 0.396 e. The molecule has 1 saturated heterocycles. The van der Waals surface area contributed by atoms with E-state index in [1.54, 1.807) is 0 Å². The van der Waals surface area contributed by atoms with Gasteiger partial charge in [-0.15, -0.1) is 0 Å². The zero-order chi connectivity index (χ0) is 14.2. The van der Waals surface area contributed by atoms with Crippen LogP contribution in [0.5, 0.6) is 0 Å². The Hall–Kier alpha value is -0.910. The van der Waals surface area contributed by atoms with Crippen molar-refractivity contribution in [2.45, 2.75) is 38.3 Å². The standard InChI is InChI=1S/C15H28N4O/c1-17(7-3-13-20)15-4-10-18(11-5-15)8-2-9-19-12-6-16-14-19/h6,12,14-15,20H,2-5,7-11,13H2,1H3. The molecule has 5 nitrogen and oxygen atoms in total. The molecule has 1 aliphatic heterocycles. The van der Waals surface area contributed by atoms with Crippen molar-refractivity contribution >= 4 is 0 Å². The van der Waals surface area contributed by atoms with Crippen LogP contribution in [0.25, 0.3) is 0 Å². The molecule has 2 rings (SSSR count). The molecule has 1 N–H and O–H groups in total. The van der Waals surface area contributed by atoms with E-state index < -0.39 is 0 Å². The monoisotopic (exact) mass is 280 g/mol. The van der Waals surface area contributed by atoms with Crippen LogP contribution in [0.2, 0.25) is 0 Å². The zero-order valence-electron chi connectivity index (χ0n) is 12.6. The Morgan fingerprint density at radius 2 is 2.05 bits per heavy atom. The van der Waals surface area contributed by atoms with Crippen LogP contribution in [-0.2, 0) is 6.54 Å². The molecule has 0 saturated carbocycles. The molecule has 0 bridgehead atoms. The maximum absolute atomic E-state index is 8.89. The molecule has 1 fully saturated rings. The summed E-state index contributed by atoms with van der Waals surface area (Å²) in [6, 6.07) is 0.700. The highest BCUT2D eigenvalue weighted by molar-refractivity contribution is 4.79. The number of rotatable bonds is 8. The highest BCUT2D eigenvalue weighted by Crippen LogP contribution is 2.15. The number of piperidine rings is 1. The molecule has 0 atom stereocenters. The minimum atomic E-state index is 0.303. The highest BCUT2D eigenvalue weighted by Gasteiger charge is 2.21. The van der Waals surface area contributed by atoms with Gasteiger partial charge in [-0.3, -0.25) is 0 Å². The first-order chi connectivity index (χ1) is 9.79. The lowest BCUT2D eigenvalue weighted by Crippen LogP contribution is -2.44. The average molecular weight is 280 g/mol. The number of aryl methyl sites for hydroxylation is 1. The van der Waals surface area contributed by atoms with Crippen LogP contribution in [0.15, 0.2) is 18.7 Å². The Morgan fingerprint density at radius 1 is 1.25 bits per heavy atom. The second-order valence-corrected chi connectivity index (χ2v) is 5.78. The first-order valence-electron chi connectivity index (χ1n) is 7.79. The number of likely N-dealkylation sites (tertiary alicyclic amines) is 1. The number of imidazole rings is 1. The van der Waals surface area contributed by atoms with Gasteiger partial charge in [0.2, 0.25) is 0 Å². The second-order valence-electron chi connectivity index (χ2n) is 5.78. The van der Waals surface area contributed by atoms with Crippen LogP contribution in [-0.4, -0.2) is 70.3 Å². The highest BCUT2D eigenvalue weighted by atomic mass is 16.3. The van der Waals surface area contributed by atoms with Crippen molar-refractivity contribution in [1.29, 1.82) is 0 Å². The van der Waals surface area contributed by atoms with E-state index in [4.69, 9.17) is 5.11 Å². The van der Waals surface area contributed by atoms with Crippen LogP contribution in [0.1, 0.15) is 25.7 Å². The quantitative estimate of drug-likeness (QED) is 0.773. The lowest BCUT2D eigenvalue weighted by atomic mass is 10.0. The van der Waals surface area contributed by atoms with Gasteiger partial charge >= 0.3 is 0 Å². The van der Waals surface area contributed by atoms with Crippen LogP contribution in [0.4, 0.5) is 0 Å². The molecule has 0 aromatic carbocycles. The summed E-state index contributed by atoms with van der Waals surface area (Å²) in [7, 11) is 2.19. The number of aliphatic hydroxyl groups is 1. The Balaban J connectivity index is 1.59. The van der Waals surface area contributed by atoms with E-state index in [0.29, 0.717) is 12.6 Å². The van der Waals surface area contributed by atoms with E-state index in [9.17, 15) is 0 Å². The summed E-state index contributed by atoms with van der Waals surface area (Å²) in [5, 5.41) is 8.89. The molecular formula is C15H28N4O. The maximum Gasteiger partial charge on any atom is 0.0945 e. The van der Waals surface area contributed by atoms with Gasteiger partial charge < -0.3 is 19.5 Å². The predicted molar refractivity (Wildman–Crippen MR) is 80.6 cm³/mol. The van der Waals surface area contributed by atoms with Crippen LogP contribution in [0.3, 0.4) is 0 Å². The van der Waals surface area contributed by atoms with Gasteiger partial charge in [-0.05, 0) is 52.4 Å². The number of hydrogen-bond donors (Lipinski definition) is 1. The summed E-state index contributed by atoms with van der Waals surface area (Å²) in [4.78, 5) is 9.06. The molecule has 114 valence electrons. The SMILES string of the molecule is CN(CCCO)C1CCN(CCCn2ccnc2)CC1. The fourth-order valence-electron chi connectivity index (χ4n) is 2.98. The molecule has 1 aromatic rings. The number of aromatic nitrogens is 2. The first kappa shape index (κ1) is 15.5. The van der Waals surface area contributed by atoms with Crippen LogP contribution < -0.4 is 0 Å². The van der Waals surface area contributed by atoms with Crippen LogP contribution >= 0.6 is 0 Å². The van der Waals surface area contributed by atoms with Crippen molar-refractivity contribution in [1.82, 2.24) is 19.4 Å². The van der Waals surface area contributed by atoms with E-state index >= 15 is 0 Å². The third kappa shape index (κ3) is 4.89. The van der Waals surface area contributed by atoms with Gasteiger partial charge in [0, 0.05) is 38.1 Å². The fraction of sp³-hybridized carbons (Fsp3) is 0.800. The molecule has 0 aliphatic carbocycles. The molecule has 2 heterocycles. The molecule has 0 unspecified atom stereocenters. The molecular weight excluding hydrogens is 252 g/mol. The summed E-state index contributed by atoms with van der Waals surface area (Å²) in [6.45, 7) is 5.98. The smallest absolute Gasteiger partial charge is 0.0945 e. The summed E-state index contributed by atoms with van der Waals surface area (Å²) in [5.74, 6) is 0. The summed E-state index contributed by atoms with van der Waals surface area (Å²) in [6.07, 6.45) is 10.4. The Bertz CT molecular complexity index is 347. The van der Waals surface area contributed by atoms with Crippen molar-refractivity contribution in [3.05, 3.63) is 18.7 Å². The predicted octanol–water partition coefficient (Wildman–Crippen LogP) is 1.05. The topological polar surface area (TPSA) is 44.5 Å². The van der Waals surface area contributed by atoms with Crippen LogP contribution in [0, 0.1) is 0 Å². The van der Waals surface area contributed by atoms with E-state index in [1.165, 1.54) is 38.9 Å². The molecule has 0 radical (unpaired) electrons. The van der Waals surface area contributed by atoms with Crippen molar-refractivity contribution in [3.8, 4) is 0 Å². The third-order valence-electron chi connectivity index (χ3n) is 4.30. The first-order valence-corrected chi connectivity index (χ1v) is 7.79. The van der Waals surface area contributed by atoms with Crippen molar-refractivity contribution in [2.75, 3.05) is 39.8 Å². The summed E-state index contributed by atoms with van der Waals surface area (Å²) >= 11 is 0. The summed E-state index contributed by atoms with van der Waals surface area (Å²) < 4.78 is 2.15. The van der Waals surface area contributed by atoms with E-state index in [1.807, 2.05) is 18.7 Å². The average Bonchev–Trinajstić information content (AvgIpc) is 2.99. The minimum Gasteiger partial charge on any atom is -0.396 e. The van der Waals surface area contributed by atoms with Gasteiger partial charge in [-0.25, -0.2) is 4.98 Å². The van der Waals surface area contributed by atoms with Gasteiger partial charge in [-0.1, -0.05) is 0 Å². The number of aliphatic hydroxyl groups excluding tert-OH is 1.